The minimum absolute atomic E-state index is 0.0702. The van der Waals surface area contributed by atoms with Gasteiger partial charge in [-0.2, -0.15) is 13.2 Å². The number of benzene rings is 1. The van der Waals surface area contributed by atoms with Crippen LogP contribution in [0.1, 0.15) is 18.4 Å². The van der Waals surface area contributed by atoms with Gasteiger partial charge in [-0.25, -0.2) is 4.98 Å². The van der Waals surface area contributed by atoms with Gasteiger partial charge in [0.25, 0.3) is 5.24 Å². The lowest BCUT2D eigenvalue weighted by Gasteiger charge is -2.32. The van der Waals surface area contributed by atoms with E-state index in [-0.39, 0.29) is 27.9 Å². The molecule has 0 aliphatic carbocycles. The molecule has 2 aromatic rings. The van der Waals surface area contributed by atoms with Crippen LogP contribution in [0.4, 0.5) is 29.5 Å². The zero-order valence-electron chi connectivity index (χ0n) is 17.4. The Kier molecular flexibility index (Phi) is 7.55. The first-order chi connectivity index (χ1) is 15.1. The molecule has 0 radical (unpaired) electrons. The fourth-order valence-electron chi connectivity index (χ4n) is 3.25. The maximum atomic E-state index is 12.8. The third-order valence-electron chi connectivity index (χ3n) is 5.02. The van der Waals surface area contributed by atoms with E-state index in [1.165, 1.54) is 4.90 Å². The number of pyridine rings is 1. The molecule has 0 atom stereocenters. The van der Waals surface area contributed by atoms with Gasteiger partial charge in [-0.1, -0.05) is 23.7 Å². The van der Waals surface area contributed by atoms with Gasteiger partial charge in [0.05, 0.1) is 16.3 Å². The molecule has 0 saturated carbocycles. The highest BCUT2D eigenvalue weighted by Gasteiger charge is 2.33. The highest BCUT2D eigenvalue weighted by molar-refractivity contribution is 8.13. The zero-order valence-corrected chi connectivity index (χ0v) is 19.0. The summed E-state index contributed by atoms with van der Waals surface area (Å²) in [5, 5.41) is 2.68. The van der Waals surface area contributed by atoms with Crippen molar-refractivity contribution in [2.75, 3.05) is 37.4 Å². The molecule has 2 heterocycles. The van der Waals surface area contributed by atoms with Gasteiger partial charge in [0.15, 0.2) is 0 Å². The van der Waals surface area contributed by atoms with E-state index < -0.39 is 11.7 Å². The Bertz CT molecular complexity index is 995. The normalized spacial score (nSPS) is 14.9. The molecule has 1 saturated heterocycles. The van der Waals surface area contributed by atoms with Crippen LogP contribution in [0.5, 0.6) is 0 Å². The predicted molar refractivity (Wildman–Crippen MR) is 119 cm³/mol. The molecule has 1 N–H and O–H groups in total. The van der Waals surface area contributed by atoms with E-state index in [2.05, 4.69) is 10.3 Å². The van der Waals surface area contributed by atoms with Crippen LogP contribution in [0.25, 0.3) is 0 Å². The number of amides is 2. The molecule has 6 nitrogen and oxygen atoms in total. The summed E-state index contributed by atoms with van der Waals surface area (Å²) in [7, 11) is 3.31. The van der Waals surface area contributed by atoms with Gasteiger partial charge < -0.3 is 15.1 Å². The van der Waals surface area contributed by atoms with Gasteiger partial charge in [-0.15, -0.1) is 0 Å². The fraction of sp³-hybridized carbons (Fsp3) is 0.381. The lowest BCUT2D eigenvalue weighted by Crippen LogP contribution is -2.38. The van der Waals surface area contributed by atoms with Crippen LogP contribution >= 0.6 is 23.4 Å². The maximum Gasteiger partial charge on any atom is 0.417 e. The molecule has 0 unspecified atom stereocenters. The molecule has 11 heteroatoms. The number of anilines is 2. The van der Waals surface area contributed by atoms with Crippen LogP contribution in [0.3, 0.4) is 0 Å². The molecule has 2 amide bonds. The largest absolute Gasteiger partial charge is 0.417 e. The number of hydrogen-bond donors (Lipinski definition) is 1. The number of thioether (sulfide) groups is 1. The Hall–Kier alpha value is -2.46. The highest BCUT2D eigenvalue weighted by Crippen LogP contribution is 2.35. The summed E-state index contributed by atoms with van der Waals surface area (Å²) in [5.41, 5.74) is -0.336. The standard InChI is InChI=1S/C21H22ClF3N4O2S/c1-28(2)20(31)32-17-6-4-3-5-16(17)27-19(30)13-7-9-29(10-8-13)18-15(22)11-14(12-26-18)21(23,24)25/h3-6,11-13H,7-10H2,1-2H3,(H,27,30). The second-order valence-corrected chi connectivity index (χ2v) is 8.94. The van der Waals surface area contributed by atoms with Crippen molar-refractivity contribution in [3.63, 3.8) is 0 Å². The van der Waals surface area contributed by atoms with Crippen LogP contribution in [0.2, 0.25) is 5.02 Å². The molecular weight excluding hydrogens is 465 g/mol. The Labute approximate surface area is 193 Å². The first-order valence-corrected chi connectivity index (χ1v) is 11.0. The second-order valence-electron chi connectivity index (χ2n) is 7.54. The Morgan fingerprint density at radius 2 is 1.88 bits per heavy atom. The SMILES string of the molecule is CN(C)C(=O)Sc1ccccc1NC(=O)C1CCN(c2ncc(C(F)(F)F)cc2Cl)CC1. The number of carbonyl (C=O) groups is 2. The molecule has 172 valence electrons. The van der Waals surface area contributed by atoms with Crippen LogP contribution in [-0.2, 0) is 11.0 Å². The molecule has 1 fully saturated rings. The lowest BCUT2D eigenvalue weighted by molar-refractivity contribution is -0.137. The molecule has 1 aromatic carbocycles. The number of alkyl halides is 3. The van der Waals surface area contributed by atoms with E-state index in [0.29, 0.717) is 36.5 Å². The van der Waals surface area contributed by atoms with E-state index in [9.17, 15) is 22.8 Å². The smallest absolute Gasteiger partial charge is 0.355 e. The number of halogens is 4. The minimum atomic E-state index is -4.51. The summed E-state index contributed by atoms with van der Waals surface area (Å²) < 4.78 is 38.5. The highest BCUT2D eigenvalue weighted by atomic mass is 35.5. The maximum absolute atomic E-state index is 12.8. The number of rotatable bonds is 4. The van der Waals surface area contributed by atoms with E-state index in [4.69, 9.17) is 11.6 Å². The number of hydrogen-bond acceptors (Lipinski definition) is 5. The Balaban J connectivity index is 1.62. The van der Waals surface area contributed by atoms with Crippen LogP contribution in [0, 0.1) is 5.92 Å². The van der Waals surface area contributed by atoms with Gasteiger partial charge in [0.2, 0.25) is 5.91 Å². The molecule has 0 spiro atoms. The number of para-hydroxylation sites is 1. The Morgan fingerprint density at radius 1 is 1.22 bits per heavy atom. The summed E-state index contributed by atoms with van der Waals surface area (Å²) in [4.78, 5) is 32.6. The quantitative estimate of drug-likeness (QED) is 0.587. The van der Waals surface area contributed by atoms with E-state index in [0.717, 1.165) is 24.0 Å². The summed E-state index contributed by atoms with van der Waals surface area (Å²) >= 11 is 7.07. The van der Waals surface area contributed by atoms with Crippen molar-refractivity contribution in [2.24, 2.45) is 5.92 Å². The van der Waals surface area contributed by atoms with Crippen molar-refractivity contribution in [3.8, 4) is 0 Å². The van der Waals surface area contributed by atoms with Crippen LogP contribution < -0.4 is 10.2 Å². The summed E-state index contributed by atoms with van der Waals surface area (Å²) in [5.74, 6) is -0.161. The topological polar surface area (TPSA) is 65.5 Å². The molecule has 1 aliphatic rings. The third-order valence-corrected chi connectivity index (χ3v) is 6.42. The van der Waals surface area contributed by atoms with Crippen LogP contribution in [-0.4, -0.2) is 48.2 Å². The number of carbonyl (C=O) groups excluding carboxylic acids is 2. The third kappa shape index (κ3) is 5.86. The monoisotopic (exact) mass is 486 g/mol. The van der Waals surface area contributed by atoms with Gasteiger partial charge in [-0.3, -0.25) is 9.59 Å². The zero-order chi connectivity index (χ0) is 23.5. The van der Waals surface area contributed by atoms with Crippen molar-refractivity contribution in [1.29, 1.82) is 0 Å². The number of aromatic nitrogens is 1. The average molecular weight is 487 g/mol. The average Bonchev–Trinajstić information content (AvgIpc) is 2.74. The van der Waals surface area contributed by atoms with Gasteiger partial charge >= 0.3 is 6.18 Å². The van der Waals surface area contributed by atoms with E-state index in [1.54, 1.807) is 43.3 Å². The van der Waals surface area contributed by atoms with Crippen molar-refractivity contribution >= 4 is 46.0 Å². The molecule has 3 rings (SSSR count). The number of nitrogens with zero attached hydrogens (tertiary/aromatic N) is 3. The summed E-state index contributed by atoms with van der Waals surface area (Å²) in [6.45, 7) is 0.872. The van der Waals surface area contributed by atoms with Crippen molar-refractivity contribution in [3.05, 3.63) is 47.1 Å². The Morgan fingerprint density at radius 3 is 2.47 bits per heavy atom. The first-order valence-electron chi connectivity index (χ1n) is 9.83. The number of nitrogens with one attached hydrogen (secondary N) is 1. The van der Waals surface area contributed by atoms with E-state index in [1.807, 2.05) is 0 Å². The second kappa shape index (κ2) is 9.99. The molecule has 1 aromatic heterocycles. The summed E-state index contributed by atoms with van der Waals surface area (Å²) in [6.07, 6.45) is -2.75. The van der Waals surface area contributed by atoms with Crippen molar-refractivity contribution < 1.29 is 22.8 Å². The molecular formula is C21H22ClF3N4O2S. The van der Waals surface area contributed by atoms with Crippen molar-refractivity contribution in [2.45, 2.75) is 23.9 Å². The van der Waals surface area contributed by atoms with Gasteiger partial charge in [-0.05, 0) is 42.8 Å². The fourth-order valence-corrected chi connectivity index (χ4v) is 4.28. The van der Waals surface area contributed by atoms with Crippen LogP contribution in [0.15, 0.2) is 41.4 Å². The molecule has 32 heavy (non-hydrogen) atoms. The lowest BCUT2D eigenvalue weighted by atomic mass is 9.95. The van der Waals surface area contributed by atoms with Gasteiger partial charge in [0, 0.05) is 44.2 Å². The van der Waals surface area contributed by atoms with E-state index >= 15 is 0 Å². The van der Waals surface area contributed by atoms with Crippen molar-refractivity contribution in [1.82, 2.24) is 9.88 Å². The molecule has 1 aliphatic heterocycles. The summed E-state index contributed by atoms with van der Waals surface area (Å²) in [6, 6.07) is 7.94. The predicted octanol–water partition coefficient (Wildman–Crippen LogP) is 5.38. The first kappa shape index (κ1) is 24.2. The molecule has 0 bridgehead atoms. The van der Waals surface area contributed by atoms with Gasteiger partial charge in [0.1, 0.15) is 5.82 Å². The number of piperidine rings is 1. The minimum Gasteiger partial charge on any atom is -0.355 e.